The number of nitrogens with zero attached hydrogens (tertiary/aromatic N) is 2. The van der Waals surface area contributed by atoms with Crippen molar-refractivity contribution in [1.29, 1.82) is 0 Å². The Hall–Kier alpha value is -2.78. The monoisotopic (exact) mass is 564 g/mol. The van der Waals surface area contributed by atoms with Crippen LogP contribution in [0.25, 0.3) is 10.9 Å². The van der Waals surface area contributed by atoms with Gasteiger partial charge in [0.2, 0.25) is 0 Å². The molecule has 0 bridgehead atoms. The minimum atomic E-state index is -2.02. The second kappa shape index (κ2) is 12.4. The molecule has 0 unspecified atom stereocenters. The molecule has 7 nitrogen and oxygen atoms in total. The van der Waals surface area contributed by atoms with Crippen LogP contribution in [0.1, 0.15) is 55.6 Å². The summed E-state index contributed by atoms with van der Waals surface area (Å²) < 4.78 is 12.0. The van der Waals surface area contributed by atoms with Gasteiger partial charge in [-0.25, -0.2) is 0 Å². The largest absolute Gasteiger partial charge is 0.497 e. The maximum atomic E-state index is 13.3. The predicted octanol–water partition coefficient (Wildman–Crippen LogP) is 5.83. The van der Waals surface area contributed by atoms with Crippen LogP contribution in [0.4, 0.5) is 0 Å². The fourth-order valence-corrected chi connectivity index (χ4v) is 6.30. The summed E-state index contributed by atoms with van der Waals surface area (Å²) in [6.07, 6.45) is 0.744. The summed E-state index contributed by atoms with van der Waals surface area (Å²) in [7, 11) is -0.419. The smallest absolute Gasteiger partial charge is 0.253 e. The fraction of sp³-hybridized carbons (Fsp3) is 0.500. The highest BCUT2D eigenvalue weighted by atomic mass is 28.4. The highest BCUT2D eigenvalue weighted by molar-refractivity contribution is 6.74. The molecule has 0 aliphatic carbocycles. The molecule has 0 saturated carbocycles. The normalized spacial score (nSPS) is 19.9. The van der Waals surface area contributed by atoms with Gasteiger partial charge in [-0.15, -0.1) is 0 Å². The van der Waals surface area contributed by atoms with Crippen molar-refractivity contribution in [3.8, 4) is 5.75 Å². The molecule has 1 saturated heterocycles. The molecule has 1 aliphatic heterocycles. The highest BCUT2D eigenvalue weighted by Gasteiger charge is 2.40. The van der Waals surface area contributed by atoms with Crippen LogP contribution in [0, 0.1) is 11.8 Å². The fourth-order valence-electron chi connectivity index (χ4n) is 5.24. The zero-order valence-electron chi connectivity index (χ0n) is 24.6. The Morgan fingerprint density at radius 2 is 1.82 bits per heavy atom. The van der Waals surface area contributed by atoms with Gasteiger partial charge in [-0.1, -0.05) is 39.0 Å². The number of methoxy groups -OCH3 is 1. The summed E-state index contributed by atoms with van der Waals surface area (Å²) in [5, 5.41) is 23.5. The molecular weight excluding hydrogens is 520 g/mol. The third kappa shape index (κ3) is 6.74. The van der Waals surface area contributed by atoms with Crippen molar-refractivity contribution in [2.24, 2.45) is 11.8 Å². The first-order valence-corrected chi connectivity index (χ1v) is 17.1. The highest BCUT2D eigenvalue weighted by Crippen LogP contribution is 2.39. The number of hydrogen-bond donors (Lipinski definition) is 2. The van der Waals surface area contributed by atoms with Gasteiger partial charge in [-0.3, -0.25) is 9.78 Å². The van der Waals surface area contributed by atoms with E-state index in [4.69, 9.17) is 9.16 Å². The zero-order valence-corrected chi connectivity index (χ0v) is 25.6. The third-order valence-corrected chi connectivity index (χ3v) is 13.4. The molecule has 4 rings (SSSR count). The number of benzene rings is 2. The summed E-state index contributed by atoms with van der Waals surface area (Å²) in [5.74, 6) is 0.833. The Morgan fingerprint density at radius 1 is 1.10 bits per heavy atom. The van der Waals surface area contributed by atoms with Crippen molar-refractivity contribution in [1.82, 2.24) is 9.88 Å². The van der Waals surface area contributed by atoms with Crippen molar-refractivity contribution < 1.29 is 24.2 Å². The number of ether oxygens (including phenoxy) is 1. The van der Waals surface area contributed by atoms with Gasteiger partial charge in [0.05, 0.1) is 18.7 Å². The number of rotatable bonds is 9. The van der Waals surface area contributed by atoms with E-state index in [0.29, 0.717) is 43.0 Å². The first-order chi connectivity index (χ1) is 18.9. The van der Waals surface area contributed by atoms with E-state index < -0.39 is 20.5 Å². The van der Waals surface area contributed by atoms with Gasteiger partial charge in [-0.05, 0) is 78.9 Å². The lowest BCUT2D eigenvalue weighted by atomic mass is 9.80. The lowest BCUT2D eigenvalue weighted by molar-refractivity contribution is -0.0167. The van der Waals surface area contributed by atoms with Crippen molar-refractivity contribution >= 4 is 25.1 Å². The van der Waals surface area contributed by atoms with Gasteiger partial charge in [0.1, 0.15) is 11.9 Å². The molecule has 2 heterocycles. The summed E-state index contributed by atoms with van der Waals surface area (Å²) in [6, 6.07) is 16.7. The van der Waals surface area contributed by atoms with Gasteiger partial charge in [0, 0.05) is 42.8 Å². The molecule has 1 aromatic heterocycles. The number of amides is 1. The van der Waals surface area contributed by atoms with Gasteiger partial charge < -0.3 is 24.3 Å². The number of fused-ring (bicyclic) bond motifs is 1. The van der Waals surface area contributed by atoms with E-state index in [1.165, 1.54) is 0 Å². The van der Waals surface area contributed by atoms with Gasteiger partial charge in [0.25, 0.3) is 5.91 Å². The maximum absolute atomic E-state index is 13.3. The average Bonchev–Trinajstić information content (AvgIpc) is 2.95. The second-order valence-electron chi connectivity index (χ2n) is 12.5. The Bertz CT molecular complexity index is 1290. The molecule has 0 spiro atoms. The minimum Gasteiger partial charge on any atom is -0.497 e. The van der Waals surface area contributed by atoms with E-state index in [9.17, 15) is 15.0 Å². The Kier molecular flexibility index (Phi) is 9.35. The topological polar surface area (TPSA) is 92.1 Å². The Morgan fingerprint density at radius 3 is 2.50 bits per heavy atom. The van der Waals surface area contributed by atoms with E-state index in [-0.39, 0.29) is 22.8 Å². The number of carbonyl (C=O) groups is 1. The van der Waals surface area contributed by atoms with E-state index in [1.807, 2.05) is 53.4 Å². The van der Waals surface area contributed by atoms with Crippen LogP contribution >= 0.6 is 0 Å². The standard InChI is InChI=1S/C32H44N2O5Si/c1-32(2,3)40(5,6)39-21-24-20-34(31(37)22-10-8-7-9-11-22)17-15-23(24)18-29(35)30(36)26-14-16-33-28-13-12-25(38-4)19-27(26)28/h7-14,16,19,23-24,29-30,35-36H,15,17-18,20-21H2,1-6H3/t23-,24+,29+,30+/m0/s1. The number of aromatic nitrogens is 1. The summed E-state index contributed by atoms with van der Waals surface area (Å²) in [6.45, 7) is 12.8. The van der Waals surface area contributed by atoms with Crippen molar-refractivity contribution in [3.05, 3.63) is 71.9 Å². The lowest BCUT2D eigenvalue weighted by Gasteiger charge is -2.43. The van der Waals surface area contributed by atoms with Crippen LogP contribution in [0.15, 0.2) is 60.8 Å². The van der Waals surface area contributed by atoms with Crippen molar-refractivity contribution in [2.75, 3.05) is 26.8 Å². The summed E-state index contributed by atoms with van der Waals surface area (Å²) in [4.78, 5) is 19.6. The third-order valence-electron chi connectivity index (χ3n) is 8.87. The maximum Gasteiger partial charge on any atom is 0.253 e. The average molecular weight is 565 g/mol. The van der Waals surface area contributed by atoms with E-state index in [2.05, 4.69) is 38.8 Å². The summed E-state index contributed by atoms with van der Waals surface area (Å²) >= 11 is 0. The van der Waals surface area contributed by atoms with Crippen LogP contribution in [-0.2, 0) is 4.43 Å². The van der Waals surface area contributed by atoms with E-state index in [0.717, 1.165) is 17.3 Å². The second-order valence-corrected chi connectivity index (χ2v) is 17.3. The number of hydrogen-bond acceptors (Lipinski definition) is 6. The van der Waals surface area contributed by atoms with Crippen LogP contribution in [0.2, 0.25) is 18.1 Å². The van der Waals surface area contributed by atoms with Crippen molar-refractivity contribution in [2.45, 2.75) is 64.0 Å². The first kappa shape index (κ1) is 30.2. The molecular formula is C32H44N2O5Si. The SMILES string of the molecule is COc1ccc2nccc([C@@H](O)[C@H](O)C[C@@H]3CCN(C(=O)c4ccccc4)C[C@@H]3CO[Si](C)(C)C(C)(C)C)c2c1. The zero-order chi connectivity index (χ0) is 29.1. The number of pyridine rings is 1. The predicted molar refractivity (Wildman–Crippen MR) is 161 cm³/mol. The molecule has 40 heavy (non-hydrogen) atoms. The molecule has 3 aromatic rings. The van der Waals surface area contributed by atoms with Crippen LogP contribution in [-0.4, -0.2) is 67.2 Å². The molecule has 2 N–H and O–H groups in total. The Balaban J connectivity index is 1.53. The van der Waals surface area contributed by atoms with Gasteiger partial charge >= 0.3 is 0 Å². The lowest BCUT2D eigenvalue weighted by Crippen LogP contribution is -2.49. The number of aliphatic hydroxyl groups excluding tert-OH is 2. The molecule has 1 fully saturated rings. The minimum absolute atomic E-state index is 0.0224. The molecule has 8 heteroatoms. The number of piperidine rings is 1. The van der Waals surface area contributed by atoms with Crippen LogP contribution in [0.5, 0.6) is 5.75 Å². The van der Waals surface area contributed by atoms with Crippen molar-refractivity contribution in [3.63, 3.8) is 0 Å². The quantitative estimate of drug-likeness (QED) is 0.318. The van der Waals surface area contributed by atoms with Gasteiger partial charge in [-0.2, -0.15) is 0 Å². The van der Waals surface area contributed by atoms with Crippen LogP contribution < -0.4 is 4.74 Å². The number of carbonyl (C=O) groups excluding carboxylic acids is 1. The van der Waals surface area contributed by atoms with Crippen LogP contribution in [0.3, 0.4) is 0 Å². The van der Waals surface area contributed by atoms with E-state index >= 15 is 0 Å². The Labute approximate surface area is 239 Å². The number of aliphatic hydroxyl groups is 2. The molecule has 0 radical (unpaired) electrons. The molecule has 4 atom stereocenters. The molecule has 2 aromatic carbocycles. The molecule has 1 amide bonds. The van der Waals surface area contributed by atoms with E-state index in [1.54, 1.807) is 19.4 Å². The first-order valence-electron chi connectivity index (χ1n) is 14.2. The summed E-state index contributed by atoms with van der Waals surface area (Å²) in [5.41, 5.74) is 2.04. The molecule has 1 aliphatic rings. The number of likely N-dealkylation sites (tertiary alicyclic amines) is 1. The van der Waals surface area contributed by atoms with Gasteiger partial charge in [0.15, 0.2) is 8.32 Å². The molecule has 216 valence electrons.